The monoisotopic (exact) mass is 376 g/mol. The fraction of sp³-hybridized carbons (Fsp3) is 0.571. The molecule has 0 aliphatic carbocycles. The number of imidazole rings is 1. The Labute approximate surface area is 162 Å². The number of nitrogens with zero attached hydrogens (tertiary/aromatic N) is 2. The van der Waals surface area contributed by atoms with Crippen LogP contribution in [0.3, 0.4) is 0 Å². The van der Waals surface area contributed by atoms with Crippen molar-refractivity contribution in [2.75, 3.05) is 34.0 Å². The number of hydrogen-bond donors (Lipinski definition) is 0. The first-order chi connectivity index (χ1) is 13.3. The molecule has 0 bridgehead atoms. The maximum absolute atomic E-state index is 6.07. The second-order valence-electron chi connectivity index (χ2n) is 6.52. The van der Waals surface area contributed by atoms with E-state index in [9.17, 15) is 0 Å². The Morgan fingerprint density at radius 1 is 1.00 bits per heavy atom. The maximum Gasteiger partial charge on any atom is 0.118 e. The summed E-state index contributed by atoms with van der Waals surface area (Å²) in [5.74, 6) is 0.852. The van der Waals surface area contributed by atoms with Gasteiger partial charge in [0.05, 0.1) is 39.3 Å². The highest BCUT2D eigenvalue weighted by atomic mass is 16.5. The first-order valence-corrected chi connectivity index (χ1v) is 9.58. The molecule has 1 heterocycles. The van der Waals surface area contributed by atoms with Gasteiger partial charge >= 0.3 is 0 Å². The Balaban J connectivity index is 1.70. The summed E-state index contributed by atoms with van der Waals surface area (Å²) < 4.78 is 24.3. The zero-order chi connectivity index (χ0) is 19.2. The molecule has 0 aliphatic rings. The van der Waals surface area contributed by atoms with Crippen molar-refractivity contribution in [3.8, 4) is 5.75 Å². The lowest BCUT2D eigenvalue weighted by Gasteiger charge is -2.19. The SMILES string of the molecule is COCCCCCCOC(COCc1ccc(OC)cc1)Cn1ccnc1. The molecule has 1 aromatic heterocycles. The number of benzene rings is 1. The zero-order valence-corrected chi connectivity index (χ0v) is 16.5. The number of unbranched alkanes of at least 4 members (excludes halogenated alkanes) is 3. The fourth-order valence-corrected chi connectivity index (χ4v) is 2.77. The summed E-state index contributed by atoms with van der Waals surface area (Å²) in [7, 11) is 3.41. The quantitative estimate of drug-likeness (QED) is 0.444. The van der Waals surface area contributed by atoms with E-state index in [2.05, 4.69) is 4.98 Å². The first kappa shape index (κ1) is 21.4. The Bertz CT molecular complexity index is 587. The van der Waals surface area contributed by atoms with E-state index < -0.39 is 0 Å². The van der Waals surface area contributed by atoms with Gasteiger partial charge in [-0.3, -0.25) is 0 Å². The summed E-state index contributed by atoms with van der Waals surface area (Å²) in [6.45, 7) is 3.44. The van der Waals surface area contributed by atoms with Gasteiger partial charge in [-0.25, -0.2) is 4.98 Å². The molecule has 2 aromatic rings. The van der Waals surface area contributed by atoms with Crippen molar-refractivity contribution in [1.82, 2.24) is 9.55 Å². The van der Waals surface area contributed by atoms with E-state index in [1.807, 2.05) is 41.4 Å². The molecular formula is C21H32N2O4. The van der Waals surface area contributed by atoms with Crippen molar-refractivity contribution >= 4 is 0 Å². The van der Waals surface area contributed by atoms with Gasteiger partial charge in [0.2, 0.25) is 0 Å². The van der Waals surface area contributed by atoms with E-state index in [1.54, 1.807) is 20.4 Å². The second-order valence-corrected chi connectivity index (χ2v) is 6.52. The van der Waals surface area contributed by atoms with Gasteiger partial charge in [0.15, 0.2) is 0 Å². The lowest BCUT2D eigenvalue weighted by atomic mass is 10.2. The molecule has 0 fully saturated rings. The molecule has 2 rings (SSSR count). The Morgan fingerprint density at radius 2 is 1.78 bits per heavy atom. The molecule has 0 amide bonds. The van der Waals surface area contributed by atoms with Gasteiger partial charge in [-0.15, -0.1) is 0 Å². The van der Waals surface area contributed by atoms with Gasteiger partial charge in [-0.05, 0) is 30.5 Å². The molecular weight excluding hydrogens is 344 g/mol. The molecule has 0 aliphatic heterocycles. The van der Waals surface area contributed by atoms with Crippen LogP contribution < -0.4 is 4.74 Å². The van der Waals surface area contributed by atoms with E-state index >= 15 is 0 Å². The zero-order valence-electron chi connectivity index (χ0n) is 16.5. The average Bonchev–Trinajstić information content (AvgIpc) is 3.20. The van der Waals surface area contributed by atoms with E-state index in [1.165, 1.54) is 6.42 Å². The summed E-state index contributed by atoms with van der Waals surface area (Å²) in [5, 5.41) is 0. The second kappa shape index (κ2) is 13.3. The number of methoxy groups -OCH3 is 2. The van der Waals surface area contributed by atoms with Crippen LogP contribution in [0, 0.1) is 0 Å². The number of aromatic nitrogens is 2. The van der Waals surface area contributed by atoms with Crippen molar-refractivity contribution in [3.63, 3.8) is 0 Å². The molecule has 1 atom stereocenters. The molecule has 0 N–H and O–H groups in total. The lowest BCUT2D eigenvalue weighted by Crippen LogP contribution is -2.25. The Kier molecular flexibility index (Phi) is 10.6. The van der Waals surface area contributed by atoms with Gasteiger partial charge in [0.25, 0.3) is 0 Å². The molecule has 0 saturated carbocycles. The van der Waals surface area contributed by atoms with Crippen molar-refractivity contribution in [2.24, 2.45) is 0 Å². The highest BCUT2D eigenvalue weighted by molar-refractivity contribution is 5.26. The summed E-state index contributed by atoms with van der Waals surface area (Å²) >= 11 is 0. The van der Waals surface area contributed by atoms with E-state index in [0.29, 0.717) is 13.2 Å². The summed E-state index contributed by atoms with van der Waals surface area (Å²) in [5.41, 5.74) is 1.12. The first-order valence-electron chi connectivity index (χ1n) is 9.58. The molecule has 1 aromatic carbocycles. The highest BCUT2D eigenvalue weighted by Crippen LogP contribution is 2.12. The van der Waals surface area contributed by atoms with Crippen LogP contribution in [0.15, 0.2) is 43.0 Å². The Hall–Kier alpha value is -1.89. The van der Waals surface area contributed by atoms with E-state index in [0.717, 1.165) is 50.3 Å². The molecule has 6 nitrogen and oxygen atoms in total. The number of ether oxygens (including phenoxy) is 4. The van der Waals surface area contributed by atoms with Gasteiger partial charge in [-0.2, -0.15) is 0 Å². The third kappa shape index (κ3) is 9.04. The predicted molar refractivity (Wildman–Crippen MR) is 105 cm³/mol. The molecule has 1 unspecified atom stereocenters. The van der Waals surface area contributed by atoms with Crippen LogP contribution in [0.5, 0.6) is 5.75 Å². The minimum atomic E-state index is 0.0106. The maximum atomic E-state index is 6.07. The van der Waals surface area contributed by atoms with Crippen LogP contribution in [0.25, 0.3) is 0 Å². The Morgan fingerprint density at radius 3 is 2.44 bits per heavy atom. The van der Waals surface area contributed by atoms with E-state index in [4.69, 9.17) is 18.9 Å². The van der Waals surface area contributed by atoms with Crippen molar-refractivity contribution < 1.29 is 18.9 Å². The van der Waals surface area contributed by atoms with Crippen LogP contribution in [-0.4, -0.2) is 49.7 Å². The van der Waals surface area contributed by atoms with E-state index in [-0.39, 0.29) is 6.10 Å². The molecule has 0 saturated heterocycles. The van der Waals surface area contributed by atoms with Gasteiger partial charge < -0.3 is 23.5 Å². The highest BCUT2D eigenvalue weighted by Gasteiger charge is 2.11. The van der Waals surface area contributed by atoms with Crippen LogP contribution in [0.4, 0.5) is 0 Å². The molecule has 0 spiro atoms. The molecule has 150 valence electrons. The minimum Gasteiger partial charge on any atom is -0.497 e. The number of rotatable bonds is 15. The van der Waals surface area contributed by atoms with Gasteiger partial charge in [0.1, 0.15) is 5.75 Å². The largest absolute Gasteiger partial charge is 0.497 e. The van der Waals surface area contributed by atoms with Crippen LogP contribution >= 0.6 is 0 Å². The number of hydrogen-bond acceptors (Lipinski definition) is 5. The van der Waals surface area contributed by atoms with Crippen LogP contribution in [0.2, 0.25) is 0 Å². The van der Waals surface area contributed by atoms with Gasteiger partial charge in [0, 0.05) is 32.7 Å². The van der Waals surface area contributed by atoms with Crippen LogP contribution in [-0.2, 0) is 27.4 Å². The summed E-state index contributed by atoms with van der Waals surface area (Å²) in [6, 6.07) is 7.93. The van der Waals surface area contributed by atoms with Crippen molar-refractivity contribution in [2.45, 2.75) is 44.9 Å². The smallest absolute Gasteiger partial charge is 0.118 e. The van der Waals surface area contributed by atoms with Crippen LogP contribution in [0.1, 0.15) is 31.2 Å². The van der Waals surface area contributed by atoms with Gasteiger partial charge in [-0.1, -0.05) is 25.0 Å². The van der Waals surface area contributed by atoms with Crippen molar-refractivity contribution in [1.29, 1.82) is 0 Å². The third-order valence-corrected chi connectivity index (χ3v) is 4.30. The standard InChI is InChI=1S/C21H32N2O4/c1-24-13-5-3-4-6-14-27-21(15-23-12-11-22-18-23)17-26-16-19-7-9-20(25-2)10-8-19/h7-12,18,21H,3-6,13-17H2,1-2H3. The topological polar surface area (TPSA) is 54.7 Å². The molecule has 0 radical (unpaired) electrons. The fourth-order valence-electron chi connectivity index (χ4n) is 2.77. The van der Waals surface area contributed by atoms with Crippen molar-refractivity contribution in [3.05, 3.63) is 48.5 Å². The predicted octanol–water partition coefficient (Wildman–Crippen LogP) is 3.70. The lowest BCUT2D eigenvalue weighted by molar-refractivity contribution is -0.0306. The molecule has 6 heteroatoms. The summed E-state index contributed by atoms with van der Waals surface area (Å²) in [4.78, 5) is 4.10. The average molecular weight is 376 g/mol. The minimum absolute atomic E-state index is 0.0106. The summed E-state index contributed by atoms with van der Waals surface area (Å²) in [6.07, 6.45) is 10.1. The molecule has 27 heavy (non-hydrogen) atoms. The normalized spacial score (nSPS) is 12.2. The third-order valence-electron chi connectivity index (χ3n) is 4.30.